The summed E-state index contributed by atoms with van der Waals surface area (Å²) in [5.41, 5.74) is -0.642. The first-order valence-corrected chi connectivity index (χ1v) is 5.94. The number of aliphatic hydroxyl groups excluding tert-OH is 1. The van der Waals surface area contributed by atoms with Crippen LogP contribution < -0.4 is 10.1 Å². The van der Waals surface area contributed by atoms with Crippen LogP contribution in [0.25, 0.3) is 0 Å². The Bertz CT molecular complexity index is 387. The summed E-state index contributed by atoms with van der Waals surface area (Å²) >= 11 is 0. The second kappa shape index (κ2) is 6.66. The maximum Gasteiger partial charge on any atom is 0.167 e. The van der Waals surface area contributed by atoms with Gasteiger partial charge in [0.15, 0.2) is 11.6 Å². The average molecular weight is 259 g/mol. The van der Waals surface area contributed by atoms with Crippen LogP contribution in [0, 0.1) is 11.6 Å². The Labute approximate surface area is 106 Å². The Hall–Kier alpha value is -1.20. The third-order valence-corrected chi connectivity index (χ3v) is 2.59. The van der Waals surface area contributed by atoms with E-state index in [9.17, 15) is 13.9 Å². The van der Waals surface area contributed by atoms with Crippen LogP contribution in [-0.4, -0.2) is 30.4 Å². The number of aliphatic hydroxyl groups is 1. The van der Waals surface area contributed by atoms with E-state index < -0.39 is 17.2 Å². The molecule has 0 aromatic heterocycles. The normalized spacial score (nSPS) is 14.3. The number of ether oxygens (including phenoxy) is 1. The molecule has 3 nitrogen and oxygen atoms in total. The zero-order valence-corrected chi connectivity index (χ0v) is 10.7. The number of hydrogen-bond donors (Lipinski definition) is 2. The van der Waals surface area contributed by atoms with Gasteiger partial charge in [0.25, 0.3) is 0 Å². The first-order chi connectivity index (χ1) is 8.50. The molecule has 1 atom stereocenters. The molecule has 102 valence electrons. The van der Waals surface area contributed by atoms with Crippen molar-refractivity contribution in [3.8, 4) is 5.75 Å². The van der Waals surface area contributed by atoms with Crippen LogP contribution in [0.3, 0.4) is 0 Å². The molecule has 18 heavy (non-hydrogen) atoms. The molecule has 1 unspecified atom stereocenters. The molecule has 0 aliphatic rings. The fourth-order valence-corrected chi connectivity index (χ4v) is 1.41. The van der Waals surface area contributed by atoms with Crippen molar-refractivity contribution in [3.05, 3.63) is 29.8 Å². The molecule has 0 amide bonds. The predicted molar refractivity (Wildman–Crippen MR) is 65.6 cm³/mol. The Morgan fingerprint density at radius 2 is 2.11 bits per heavy atom. The van der Waals surface area contributed by atoms with Gasteiger partial charge in [0, 0.05) is 6.07 Å². The van der Waals surface area contributed by atoms with Gasteiger partial charge in [-0.15, -0.1) is 0 Å². The van der Waals surface area contributed by atoms with Gasteiger partial charge in [-0.05, 0) is 32.0 Å². The molecule has 0 spiro atoms. The van der Waals surface area contributed by atoms with Crippen LogP contribution in [-0.2, 0) is 0 Å². The summed E-state index contributed by atoms with van der Waals surface area (Å²) in [6.07, 6.45) is 0.917. The van der Waals surface area contributed by atoms with E-state index in [1.54, 1.807) is 6.92 Å². The molecule has 1 aromatic carbocycles. The molecule has 0 saturated heterocycles. The van der Waals surface area contributed by atoms with E-state index in [0.717, 1.165) is 25.1 Å². The van der Waals surface area contributed by atoms with Crippen molar-refractivity contribution in [3.63, 3.8) is 0 Å². The standard InChI is InChI=1S/C13H19F2NO2/c1-3-6-16-13(2,8-17)9-18-12-5-4-10(14)7-11(12)15/h4-5,7,16-17H,3,6,8-9H2,1-2H3. The first kappa shape index (κ1) is 14.9. The highest BCUT2D eigenvalue weighted by atomic mass is 19.1. The lowest BCUT2D eigenvalue weighted by molar-refractivity contribution is 0.113. The molecule has 0 radical (unpaired) electrons. The van der Waals surface area contributed by atoms with Crippen molar-refractivity contribution in [1.82, 2.24) is 5.32 Å². The van der Waals surface area contributed by atoms with Crippen LogP contribution in [0.15, 0.2) is 18.2 Å². The lowest BCUT2D eigenvalue weighted by atomic mass is 10.1. The largest absolute Gasteiger partial charge is 0.489 e. The van der Waals surface area contributed by atoms with E-state index in [1.807, 2.05) is 6.92 Å². The number of rotatable bonds is 7. The van der Waals surface area contributed by atoms with Crippen LogP contribution in [0.2, 0.25) is 0 Å². The smallest absolute Gasteiger partial charge is 0.167 e. The lowest BCUT2D eigenvalue weighted by Crippen LogP contribution is -2.50. The minimum Gasteiger partial charge on any atom is -0.489 e. The first-order valence-electron chi connectivity index (χ1n) is 5.94. The van der Waals surface area contributed by atoms with Crippen molar-refractivity contribution in [2.24, 2.45) is 0 Å². The molecule has 5 heteroatoms. The summed E-state index contributed by atoms with van der Waals surface area (Å²) in [6, 6.07) is 3.14. The van der Waals surface area contributed by atoms with Gasteiger partial charge in [-0.1, -0.05) is 6.92 Å². The fraction of sp³-hybridized carbons (Fsp3) is 0.538. The van der Waals surface area contributed by atoms with E-state index in [2.05, 4.69) is 5.32 Å². The number of nitrogens with one attached hydrogen (secondary N) is 1. The molecular formula is C13H19F2NO2. The molecule has 1 rings (SSSR count). The average Bonchev–Trinajstić information content (AvgIpc) is 2.35. The van der Waals surface area contributed by atoms with Crippen molar-refractivity contribution in [1.29, 1.82) is 0 Å². The highest BCUT2D eigenvalue weighted by Crippen LogP contribution is 2.19. The predicted octanol–water partition coefficient (Wildman–Crippen LogP) is 2.09. The lowest BCUT2D eigenvalue weighted by Gasteiger charge is -2.28. The third kappa shape index (κ3) is 4.23. The molecule has 0 aliphatic heterocycles. The van der Waals surface area contributed by atoms with Gasteiger partial charge in [-0.2, -0.15) is 0 Å². The minimum absolute atomic E-state index is 0.0191. The molecule has 2 N–H and O–H groups in total. The highest BCUT2D eigenvalue weighted by molar-refractivity contribution is 5.24. The summed E-state index contributed by atoms with van der Waals surface area (Å²) in [7, 11) is 0. The SMILES string of the molecule is CCCNC(C)(CO)COc1ccc(F)cc1F. The van der Waals surface area contributed by atoms with Crippen molar-refractivity contribution in [2.75, 3.05) is 19.8 Å². The Balaban J connectivity index is 2.61. The van der Waals surface area contributed by atoms with E-state index in [-0.39, 0.29) is 19.0 Å². The molecule has 1 aromatic rings. The van der Waals surface area contributed by atoms with Crippen LogP contribution in [0.4, 0.5) is 8.78 Å². The van der Waals surface area contributed by atoms with E-state index >= 15 is 0 Å². The molecule has 0 saturated carbocycles. The van der Waals surface area contributed by atoms with Crippen molar-refractivity contribution in [2.45, 2.75) is 25.8 Å². The van der Waals surface area contributed by atoms with E-state index in [0.29, 0.717) is 0 Å². The van der Waals surface area contributed by atoms with Gasteiger partial charge < -0.3 is 15.2 Å². The third-order valence-electron chi connectivity index (χ3n) is 2.59. The van der Waals surface area contributed by atoms with E-state index in [1.165, 1.54) is 6.07 Å². The van der Waals surface area contributed by atoms with E-state index in [4.69, 9.17) is 4.74 Å². The number of hydrogen-bond acceptors (Lipinski definition) is 3. The molecular weight excluding hydrogens is 240 g/mol. The summed E-state index contributed by atoms with van der Waals surface area (Å²) in [5.74, 6) is -1.41. The van der Waals surface area contributed by atoms with Gasteiger partial charge in [-0.3, -0.25) is 0 Å². The monoisotopic (exact) mass is 259 g/mol. The highest BCUT2D eigenvalue weighted by Gasteiger charge is 2.23. The van der Waals surface area contributed by atoms with Crippen LogP contribution in [0.1, 0.15) is 20.3 Å². The van der Waals surface area contributed by atoms with Crippen LogP contribution in [0.5, 0.6) is 5.75 Å². The van der Waals surface area contributed by atoms with Gasteiger partial charge in [0.1, 0.15) is 12.4 Å². The molecule has 0 bridgehead atoms. The maximum absolute atomic E-state index is 13.3. The summed E-state index contributed by atoms with van der Waals surface area (Å²) in [5, 5.41) is 12.4. The van der Waals surface area contributed by atoms with Crippen molar-refractivity contribution >= 4 is 0 Å². The maximum atomic E-state index is 13.3. The Kier molecular flexibility index (Phi) is 5.50. The van der Waals surface area contributed by atoms with Gasteiger partial charge >= 0.3 is 0 Å². The number of halogens is 2. The Morgan fingerprint density at radius 3 is 2.67 bits per heavy atom. The summed E-state index contributed by atoms with van der Waals surface area (Å²) in [4.78, 5) is 0. The summed E-state index contributed by atoms with van der Waals surface area (Å²) in [6.45, 7) is 4.49. The zero-order valence-electron chi connectivity index (χ0n) is 10.7. The topological polar surface area (TPSA) is 41.5 Å². The van der Waals surface area contributed by atoms with Gasteiger partial charge in [0.2, 0.25) is 0 Å². The second-order valence-corrected chi connectivity index (χ2v) is 4.51. The van der Waals surface area contributed by atoms with Gasteiger partial charge in [-0.25, -0.2) is 8.78 Å². The Morgan fingerprint density at radius 1 is 1.39 bits per heavy atom. The fourth-order valence-electron chi connectivity index (χ4n) is 1.41. The summed E-state index contributed by atoms with van der Waals surface area (Å²) < 4.78 is 31.3. The zero-order chi connectivity index (χ0) is 13.6. The molecule has 0 fully saturated rings. The quantitative estimate of drug-likeness (QED) is 0.788. The van der Waals surface area contributed by atoms with Crippen molar-refractivity contribution < 1.29 is 18.6 Å². The second-order valence-electron chi connectivity index (χ2n) is 4.51. The molecule has 0 heterocycles. The molecule has 0 aliphatic carbocycles. The number of benzene rings is 1. The van der Waals surface area contributed by atoms with Crippen LogP contribution >= 0.6 is 0 Å². The van der Waals surface area contributed by atoms with Gasteiger partial charge in [0.05, 0.1) is 12.1 Å². The minimum atomic E-state index is -0.745.